The maximum absolute atomic E-state index is 11.5. The third-order valence-electron chi connectivity index (χ3n) is 1.99. The van der Waals surface area contributed by atoms with Crippen LogP contribution in [0.25, 0.3) is 0 Å². The van der Waals surface area contributed by atoms with Gasteiger partial charge in [-0.15, -0.1) is 5.01 Å². The first-order chi connectivity index (χ1) is 8.79. The lowest BCUT2D eigenvalue weighted by atomic mass is 10.2. The zero-order chi connectivity index (χ0) is 14.5. The van der Waals surface area contributed by atoms with Gasteiger partial charge in [-0.2, -0.15) is 0 Å². The minimum Gasteiger partial charge on any atom is -0.443 e. The number of imide groups is 1. The third kappa shape index (κ3) is 5.39. The van der Waals surface area contributed by atoms with E-state index in [4.69, 9.17) is 15.3 Å². The predicted octanol–water partition coefficient (Wildman–Crippen LogP) is 2.43. The summed E-state index contributed by atoms with van der Waals surface area (Å²) >= 11 is 0. The Bertz CT molecular complexity index is 440. The molecule has 19 heavy (non-hydrogen) atoms. The molecular formula is C13H18N2O4. The van der Waals surface area contributed by atoms with E-state index in [1.807, 2.05) is 18.2 Å². The lowest BCUT2D eigenvalue weighted by Crippen LogP contribution is -2.45. The van der Waals surface area contributed by atoms with Crippen LogP contribution in [-0.4, -0.2) is 22.8 Å². The van der Waals surface area contributed by atoms with Gasteiger partial charge in [0.05, 0.1) is 0 Å². The molecule has 0 spiro atoms. The Labute approximate surface area is 112 Å². The van der Waals surface area contributed by atoms with Crippen LogP contribution < -0.4 is 5.84 Å². The number of carbonyl (C=O) groups is 2. The van der Waals surface area contributed by atoms with Gasteiger partial charge < -0.3 is 9.47 Å². The highest BCUT2D eigenvalue weighted by Gasteiger charge is 2.25. The van der Waals surface area contributed by atoms with Gasteiger partial charge in [-0.3, -0.25) is 0 Å². The quantitative estimate of drug-likeness (QED) is 0.505. The highest BCUT2D eigenvalue weighted by molar-refractivity contribution is 5.86. The Morgan fingerprint density at radius 3 is 2.26 bits per heavy atom. The third-order valence-corrected chi connectivity index (χ3v) is 1.99. The summed E-state index contributed by atoms with van der Waals surface area (Å²) in [6, 6.07) is 9.07. The van der Waals surface area contributed by atoms with Gasteiger partial charge in [0.15, 0.2) is 0 Å². The molecule has 2 N–H and O–H groups in total. The van der Waals surface area contributed by atoms with Crippen molar-refractivity contribution >= 4 is 12.2 Å². The molecule has 0 unspecified atom stereocenters. The minimum absolute atomic E-state index is 0.0379. The molecule has 1 rings (SSSR count). The van der Waals surface area contributed by atoms with Gasteiger partial charge in [0.1, 0.15) is 12.2 Å². The Morgan fingerprint density at radius 2 is 1.74 bits per heavy atom. The maximum atomic E-state index is 11.5. The van der Waals surface area contributed by atoms with E-state index in [0.717, 1.165) is 5.56 Å². The molecule has 104 valence electrons. The van der Waals surface area contributed by atoms with E-state index in [0.29, 0.717) is 5.01 Å². The molecule has 0 bridgehead atoms. The smallest absolute Gasteiger partial charge is 0.434 e. The van der Waals surface area contributed by atoms with Crippen molar-refractivity contribution in [2.75, 3.05) is 0 Å². The number of nitrogens with zero attached hydrogens (tertiary/aromatic N) is 1. The number of carbonyl (C=O) groups excluding carboxylic acids is 2. The van der Waals surface area contributed by atoms with E-state index < -0.39 is 17.8 Å². The second kappa shape index (κ2) is 6.19. The monoisotopic (exact) mass is 266 g/mol. The van der Waals surface area contributed by atoms with Crippen LogP contribution in [0.5, 0.6) is 0 Å². The molecule has 0 aliphatic heterocycles. The second-order valence-corrected chi connectivity index (χ2v) is 4.89. The largest absolute Gasteiger partial charge is 0.443 e. The van der Waals surface area contributed by atoms with Crippen molar-refractivity contribution in [2.45, 2.75) is 33.0 Å². The fourth-order valence-corrected chi connectivity index (χ4v) is 1.17. The van der Waals surface area contributed by atoms with Gasteiger partial charge in [0.2, 0.25) is 0 Å². The van der Waals surface area contributed by atoms with Gasteiger partial charge in [-0.05, 0) is 26.3 Å². The summed E-state index contributed by atoms with van der Waals surface area (Å²) in [6.07, 6.45) is -1.91. The first kappa shape index (κ1) is 15.0. The molecule has 0 radical (unpaired) electrons. The first-order valence-electron chi connectivity index (χ1n) is 5.78. The molecule has 1 aromatic carbocycles. The number of hydrazine groups is 1. The van der Waals surface area contributed by atoms with Crippen molar-refractivity contribution < 1.29 is 19.1 Å². The summed E-state index contributed by atoms with van der Waals surface area (Å²) in [4.78, 5) is 23.0. The van der Waals surface area contributed by atoms with E-state index in [1.165, 1.54) is 0 Å². The normalized spacial score (nSPS) is 10.7. The maximum Gasteiger partial charge on any atom is 0.434 e. The molecule has 0 heterocycles. The van der Waals surface area contributed by atoms with Crippen molar-refractivity contribution in [3.8, 4) is 0 Å². The van der Waals surface area contributed by atoms with Crippen LogP contribution in [-0.2, 0) is 16.1 Å². The summed E-state index contributed by atoms with van der Waals surface area (Å²) in [5.74, 6) is 5.32. The fraction of sp³-hybridized carbons (Fsp3) is 0.385. The van der Waals surface area contributed by atoms with Gasteiger partial charge in [0, 0.05) is 0 Å². The van der Waals surface area contributed by atoms with Gasteiger partial charge in [0.25, 0.3) is 0 Å². The zero-order valence-electron chi connectivity index (χ0n) is 11.3. The van der Waals surface area contributed by atoms with Gasteiger partial charge in [-0.1, -0.05) is 30.3 Å². The van der Waals surface area contributed by atoms with Crippen LogP contribution in [0, 0.1) is 0 Å². The topological polar surface area (TPSA) is 81.9 Å². The van der Waals surface area contributed by atoms with Crippen molar-refractivity contribution in [3.05, 3.63) is 35.9 Å². The van der Waals surface area contributed by atoms with Crippen molar-refractivity contribution in [2.24, 2.45) is 5.84 Å². The minimum atomic E-state index is -0.960. The predicted molar refractivity (Wildman–Crippen MR) is 68.9 cm³/mol. The van der Waals surface area contributed by atoms with Crippen LogP contribution in [0.1, 0.15) is 26.3 Å². The Kier molecular flexibility index (Phi) is 4.88. The Balaban J connectivity index is 2.47. The van der Waals surface area contributed by atoms with Crippen LogP contribution >= 0.6 is 0 Å². The van der Waals surface area contributed by atoms with E-state index in [-0.39, 0.29) is 6.61 Å². The summed E-state index contributed by atoms with van der Waals surface area (Å²) in [7, 11) is 0. The zero-order valence-corrected chi connectivity index (χ0v) is 11.3. The molecule has 0 aromatic heterocycles. The second-order valence-electron chi connectivity index (χ2n) is 4.89. The molecule has 6 nitrogen and oxygen atoms in total. The van der Waals surface area contributed by atoms with Crippen molar-refractivity contribution in [1.82, 2.24) is 5.01 Å². The van der Waals surface area contributed by atoms with E-state index in [9.17, 15) is 9.59 Å². The number of benzene rings is 1. The number of ether oxygens (including phenoxy) is 2. The van der Waals surface area contributed by atoms with Gasteiger partial charge in [-0.25, -0.2) is 15.4 Å². The highest BCUT2D eigenvalue weighted by atomic mass is 16.6. The molecule has 0 saturated carbocycles. The fourth-order valence-electron chi connectivity index (χ4n) is 1.17. The SMILES string of the molecule is CC(C)(C)OC(=O)N(N)C(=O)OCc1ccccc1. The Morgan fingerprint density at radius 1 is 1.16 bits per heavy atom. The Hall–Kier alpha value is -2.08. The molecule has 0 saturated heterocycles. The highest BCUT2D eigenvalue weighted by Crippen LogP contribution is 2.09. The number of amides is 2. The van der Waals surface area contributed by atoms with Crippen LogP contribution in [0.15, 0.2) is 30.3 Å². The number of hydrogen-bond donors (Lipinski definition) is 1. The molecule has 6 heteroatoms. The number of rotatable bonds is 2. The summed E-state index contributed by atoms with van der Waals surface area (Å²) < 4.78 is 9.82. The van der Waals surface area contributed by atoms with Crippen molar-refractivity contribution in [1.29, 1.82) is 0 Å². The molecular weight excluding hydrogens is 248 g/mol. The van der Waals surface area contributed by atoms with Gasteiger partial charge >= 0.3 is 12.2 Å². The average molecular weight is 266 g/mol. The molecule has 0 atom stereocenters. The van der Waals surface area contributed by atoms with Crippen molar-refractivity contribution in [3.63, 3.8) is 0 Å². The van der Waals surface area contributed by atoms with E-state index in [2.05, 4.69) is 0 Å². The molecule has 0 fully saturated rings. The summed E-state index contributed by atoms with van der Waals surface area (Å²) in [5, 5.41) is 0.314. The average Bonchev–Trinajstić information content (AvgIpc) is 2.34. The summed E-state index contributed by atoms with van der Waals surface area (Å²) in [5.41, 5.74) is 0.0717. The molecule has 1 aromatic rings. The van der Waals surface area contributed by atoms with E-state index >= 15 is 0 Å². The van der Waals surface area contributed by atoms with Crippen LogP contribution in [0.3, 0.4) is 0 Å². The summed E-state index contributed by atoms with van der Waals surface area (Å²) in [6.45, 7) is 5.06. The lowest BCUT2D eigenvalue weighted by molar-refractivity contribution is 0.0207. The number of nitrogens with two attached hydrogens (primary N) is 1. The molecule has 2 amide bonds. The standard InChI is InChI=1S/C13H18N2O4/c1-13(2,3)19-12(17)15(14)11(16)18-9-10-7-5-4-6-8-10/h4-8H,9,14H2,1-3H3. The van der Waals surface area contributed by atoms with E-state index in [1.54, 1.807) is 32.9 Å². The van der Waals surface area contributed by atoms with Crippen LogP contribution in [0.2, 0.25) is 0 Å². The first-order valence-corrected chi connectivity index (χ1v) is 5.78. The lowest BCUT2D eigenvalue weighted by Gasteiger charge is -2.22. The van der Waals surface area contributed by atoms with Crippen LogP contribution in [0.4, 0.5) is 9.59 Å². The molecule has 0 aliphatic rings. The molecule has 0 aliphatic carbocycles. The number of hydrogen-bond acceptors (Lipinski definition) is 5.